The van der Waals surface area contributed by atoms with Crippen molar-refractivity contribution < 1.29 is 19.7 Å². The van der Waals surface area contributed by atoms with Crippen LogP contribution in [0, 0.1) is 5.92 Å². The van der Waals surface area contributed by atoms with Gasteiger partial charge < -0.3 is 19.7 Å². The van der Waals surface area contributed by atoms with Gasteiger partial charge in [-0.05, 0) is 24.1 Å². The number of aromatic nitrogens is 2. The average Bonchev–Trinajstić information content (AvgIpc) is 2.92. The van der Waals surface area contributed by atoms with E-state index in [0.717, 1.165) is 5.56 Å². The fraction of sp³-hybridized carbons (Fsp3) is 0.412. The van der Waals surface area contributed by atoms with Crippen LogP contribution in [0.2, 0.25) is 0 Å². The number of hydrogen-bond donors (Lipinski definition) is 3. The molecule has 3 N–H and O–H groups in total. The molecular formula is C17H20N2O6. The molecule has 1 saturated heterocycles. The van der Waals surface area contributed by atoms with Gasteiger partial charge in [-0.3, -0.25) is 14.3 Å². The number of aliphatic hydroxyl groups is 2. The SMILES string of the molecule is COc1ccc(CC2C(O)[C@H](CO)O[C@@H]2n2ccc(=O)[nH]c2=O)cc1. The van der Waals surface area contributed by atoms with E-state index in [1.54, 1.807) is 7.11 Å². The fourth-order valence-electron chi connectivity index (χ4n) is 3.11. The molecule has 2 heterocycles. The van der Waals surface area contributed by atoms with Crippen LogP contribution in [0.4, 0.5) is 0 Å². The summed E-state index contributed by atoms with van der Waals surface area (Å²) in [6.45, 7) is -0.366. The monoisotopic (exact) mass is 348 g/mol. The van der Waals surface area contributed by atoms with Crippen molar-refractivity contribution >= 4 is 0 Å². The van der Waals surface area contributed by atoms with Gasteiger partial charge in [-0.25, -0.2) is 4.79 Å². The number of methoxy groups -OCH3 is 1. The number of hydrogen-bond acceptors (Lipinski definition) is 6. The summed E-state index contributed by atoms with van der Waals surface area (Å²) in [6.07, 6.45) is -0.779. The summed E-state index contributed by atoms with van der Waals surface area (Å²) in [6, 6.07) is 8.56. The normalized spacial score (nSPS) is 25.9. The van der Waals surface area contributed by atoms with Crippen LogP contribution in [0.5, 0.6) is 5.75 Å². The van der Waals surface area contributed by atoms with E-state index in [0.29, 0.717) is 12.2 Å². The number of nitrogens with zero attached hydrogens (tertiary/aromatic N) is 1. The summed E-state index contributed by atoms with van der Waals surface area (Å²) in [5.74, 6) is 0.253. The summed E-state index contributed by atoms with van der Waals surface area (Å²) in [7, 11) is 1.58. The third-order valence-electron chi connectivity index (χ3n) is 4.44. The summed E-state index contributed by atoms with van der Waals surface area (Å²) >= 11 is 0. The maximum atomic E-state index is 12.1. The molecule has 25 heavy (non-hydrogen) atoms. The minimum Gasteiger partial charge on any atom is -0.497 e. The molecule has 2 aromatic rings. The van der Waals surface area contributed by atoms with Crippen LogP contribution >= 0.6 is 0 Å². The van der Waals surface area contributed by atoms with Gasteiger partial charge in [0.1, 0.15) is 18.1 Å². The van der Waals surface area contributed by atoms with Gasteiger partial charge in [-0.15, -0.1) is 0 Å². The molecule has 0 aliphatic carbocycles. The van der Waals surface area contributed by atoms with Crippen molar-refractivity contribution in [2.45, 2.75) is 24.9 Å². The lowest BCUT2D eigenvalue weighted by Crippen LogP contribution is -2.35. The average molecular weight is 348 g/mol. The van der Waals surface area contributed by atoms with E-state index in [1.165, 1.54) is 16.8 Å². The topological polar surface area (TPSA) is 114 Å². The molecule has 8 nitrogen and oxygen atoms in total. The van der Waals surface area contributed by atoms with Gasteiger partial charge in [-0.2, -0.15) is 0 Å². The molecule has 1 fully saturated rings. The van der Waals surface area contributed by atoms with Crippen molar-refractivity contribution in [3.63, 3.8) is 0 Å². The summed E-state index contributed by atoms with van der Waals surface area (Å²) in [5.41, 5.74) is -0.206. The standard InChI is InChI=1S/C17H20N2O6/c1-24-11-4-2-10(3-5-11)8-12-15(22)13(9-20)25-16(12)19-7-6-14(21)18-17(19)23/h2-7,12-13,15-16,20,22H,8-9H2,1H3,(H,18,21,23)/t12?,13-,15?,16-/m0/s1. The molecule has 8 heteroatoms. The molecule has 0 radical (unpaired) electrons. The lowest BCUT2D eigenvalue weighted by atomic mass is 9.92. The van der Waals surface area contributed by atoms with Crippen LogP contribution in [-0.4, -0.2) is 45.7 Å². The lowest BCUT2D eigenvalue weighted by Gasteiger charge is -2.22. The summed E-state index contributed by atoms with van der Waals surface area (Å²) < 4.78 is 12.0. The van der Waals surface area contributed by atoms with Crippen molar-refractivity contribution in [2.75, 3.05) is 13.7 Å². The highest BCUT2D eigenvalue weighted by Crippen LogP contribution is 2.36. The van der Waals surface area contributed by atoms with Crippen LogP contribution in [0.25, 0.3) is 0 Å². The van der Waals surface area contributed by atoms with E-state index in [9.17, 15) is 19.8 Å². The van der Waals surface area contributed by atoms with Gasteiger partial charge >= 0.3 is 5.69 Å². The van der Waals surface area contributed by atoms with Crippen molar-refractivity contribution in [2.24, 2.45) is 5.92 Å². The predicted molar refractivity (Wildman–Crippen MR) is 88.5 cm³/mol. The number of aliphatic hydroxyl groups excluding tert-OH is 2. The molecule has 0 bridgehead atoms. The number of rotatable bonds is 5. The molecule has 1 aromatic heterocycles. The summed E-state index contributed by atoms with van der Waals surface area (Å²) in [5, 5.41) is 19.9. The van der Waals surface area contributed by atoms with Gasteiger partial charge in [-0.1, -0.05) is 12.1 Å². The first-order valence-electron chi connectivity index (χ1n) is 7.92. The number of ether oxygens (including phenoxy) is 2. The van der Waals surface area contributed by atoms with Crippen molar-refractivity contribution in [1.29, 1.82) is 0 Å². The number of aromatic amines is 1. The fourth-order valence-corrected chi connectivity index (χ4v) is 3.11. The molecule has 3 rings (SSSR count). The minimum absolute atomic E-state index is 0.366. The Kier molecular flexibility index (Phi) is 5.03. The molecule has 2 unspecified atom stereocenters. The first-order valence-corrected chi connectivity index (χ1v) is 7.92. The van der Waals surface area contributed by atoms with Crippen LogP contribution < -0.4 is 16.0 Å². The van der Waals surface area contributed by atoms with Gasteiger partial charge in [0, 0.05) is 18.2 Å². The minimum atomic E-state index is -0.948. The largest absolute Gasteiger partial charge is 0.497 e. The van der Waals surface area contributed by atoms with E-state index in [1.807, 2.05) is 24.3 Å². The van der Waals surface area contributed by atoms with Crippen LogP contribution in [-0.2, 0) is 11.2 Å². The van der Waals surface area contributed by atoms with E-state index < -0.39 is 35.6 Å². The zero-order chi connectivity index (χ0) is 18.0. The smallest absolute Gasteiger partial charge is 0.330 e. The Hall–Kier alpha value is -2.42. The van der Waals surface area contributed by atoms with Crippen molar-refractivity contribution in [1.82, 2.24) is 9.55 Å². The van der Waals surface area contributed by atoms with Crippen LogP contribution in [0.3, 0.4) is 0 Å². The predicted octanol–water partition coefficient (Wildman–Crippen LogP) is -0.345. The molecule has 1 aromatic carbocycles. The Balaban J connectivity index is 1.91. The Morgan fingerprint density at radius 2 is 1.96 bits per heavy atom. The highest BCUT2D eigenvalue weighted by molar-refractivity contribution is 5.27. The quantitative estimate of drug-likeness (QED) is 0.681. The zero-order valence-corrected chi connectivity index (χ0v) is 13.7. The second kappa shape index (κ2) is 7.22. The zero-order valence-electron chi connectivity index (χ0n) is 13.7. The molecule has 134 valence electrons. The molecular weight excluding hydrogens is 328 g/mol. The van der Waals surface area contributed by atoms with E-state index in [-0.39, 0.29) is 6.61 Å². The molecule has 1 aliphatic heterocycles. The Morgan fingerprint density at radius 3 is 2.56 bits per heavy atom. The lowest BCUT2D eigenvalue weighted by molar-refractivity contribution is -0.0481. The second-order valence-electron chi connectivity index (χ2n) is 5.97. The Bertz CT molecular complexity index is 828. The maximum Gasteiger partial charge on any atom is 0.330 e. The van der Waals surface area contributed by atoms with Gasteiger partial charge in [0.15, 0.2) is 0 Å². The van der Waals surface area contributed by atoms with E-state index >= 15 is 0 Å². The van der Waals surface area contributed by atoms with Crippen LogP contribution in [0.1, 0.15) is 11.8 Å². The number of nitrogens with one attached hydrogen (secondary N) is 1. The van der Waals surface area contributed by atoms with E-state index in [4.69, 9.17) is 9.47 Å². The highest BCUT2D eigenvalue weighted by atomic mass is 16.5. The van der Waals surface area contributed by atoms with Gasteiger partial charge in [0.2, 0.25) is 0 Å². The third-order valence-corrected chi connectivity index (χ3v) is 4.44. The highest BCUT2D eigenvalue weighted by Gasteiger charge is 2.44. The summed E-state index contributed by atoms with van der Waals surface area (Å²) in [4.78, 5) is 25.5. The number of H-pyrrole nitrogens is 1. The molecule has 0 spiro atoms. The maximum absolute atomic E-state index is 12.1. The van der Waals surface area contributed by atoms with Crippen molar-refractivity contribution in [3.8, 4) is 5.75 Å². The first kappa shape index (κ1) is 17.4. The van der Waals surface area contributed by atoms with Crippen LogP contribution in [0.15, 0.2) is 46.1 Å². The van der Waals surface area contributed by atoms with E-state index in [2.05, 4.69) is 4.98 Å². The van der Waals surface area contributed by atoms with Crippen molar-refractivity contribution in [3.05, 3.63) is 62.9 Å². The Morgan fingerprint density at radius 1 is 1.24 bits per heavy atom. The number of benzene rings is 1. The van der Waals surface area contributed by atoms with Gasteiger partial charge in [0.05, 0.1) is 19.8 Å². The third kappa shape index (κ3) is 3.51. The first-order chi connectivity index (χ1) is 12.0. The molecule has 0 saturated carbocycles. The molecule has 4 atom stereocenters. The Labute approximate surface area is 143 Å². The molecule has 0 amide bonds. The second-order valence-corrected chi connectivity index (χ2v) is 5.97. The van der Waals surface area contributed by atoms with Gasteiger partial charge in [0.25, 0.3) is 5.56 Å². The molecule has 1 aliphatic rings.